The maximum Gasteiger partial charge on any atom is 0.134 e. The third kappa shape index (κ3) is 3.76. The van der Waals surface area contributed by atoms with Crippen molar-refractivity contribution in [3.8, 4) is 0 Å². The second kappa shape index (κ2) is 7.22. The Bertz CT molecular complexity index is 390. The number of aromatic nitrogens is 2. The fourth-order valence-electron chi connectivity index (χ4n) is 2.03. The van der Waals surface area contributed by atoms with E-state index < -0.39 is 0 Å². The minimum absolute atomic E-state index is 0.176. The topological polar surface area (TPSA) is 85.5 Å². The Kier molecular flexibility index (Phi) is 5.31. The van der Waals surface area contributed by atoms with Crippen LogP contribution < -0.4 is 16.0 Å². The number of anilines is 2. The molecule has 0 spiro atoms. The van der Waals surface area contributed by atoms with Gasteiger partial charge in [0.05, 0.1) is 25.9 Å². The quantitative estimate of drug-likeness (QED) is 0.684. The second-order valence-electron chi connectivity index (χ2n) is 4.34. The molecule has 106 valence electrons. The van der Waals surface area contributed by atoms with E-state index in [1.165, 1.54) is 0 Å². The molecule has 2 rings (SSSR count). The summed E-state index contributed by atoms with van der Waals surface area (Å²) in [6, 6.07) is 2.11. The van der Waals surface area contributed by atoms with Gasteiger partial charge in [0.25, 0.3) is 0 Å². The van der Waals surface area contributed by atoms with Gasteiger partial charge < -0.3 is 25.4 Å². The first-order valence-corrected chi connectivity index (χ1v) is 6.44. The number of nitrogens with two attached hydrogens (primary N) is 1. The van der Waals surface area contributed by atoms with Crippen LogP contribution in [0, 0.1) is 0 Å². The summed E-state index contributed by atoms with van der Waals surface area (Å²) >= 11 is 0. The Hall–Kier alpha value is -1.44. The molecule has 0 radical (unpaired) electrons. The van der Waals surface area contributed by atoms with Gasteiger partial charge >= 0.3 is 0 Å². The Morgan fingerprint density at radius 2 is 2.47 bits per heavy atom. The molecule has 1 aromatic heterocycles. The van der Waals surface area contributed by atoms with E-state index in [0.717, 1.165) is 24.7 Å². The van der Waals surface area contributed by atoms with Crippen LogP contribution in [0.1, 0.15) is 0 Å². The lowest BCUT2D eigenvalue weighted by molar-refractivity contribution is 0.0958. The molecule has 0 aromatic carbocycles. The molecule has 1 fully saturated rings. The molecule has 19 heavy (non-hydrogen) atoms. The average Bonchev–Trinajstić information content (AvgIpc) is 2.48. The van der Waals surface area contributed by atoms with Gasteiger partial charge in [-0.1, -0.05) is 0 Å². The summed E-state index contributed by atoms with van der Waals surface area (Å²) in [6.07, 6.45) is 1.56. The molecule has 0 aliphatic carbocycles. The highest BCUT2D eigenvalue weighted by molar-refractivity contribution is 5.49. The van der Waals surface area contributed by atoms with E-state index in [-0.39, 0.29) is 6.04 Å². The zero-order chi connectivity index (χ0) is 13.5. The zero-order valence-electron chi connectivity index (χ0n) is 11.2. The molecule has 7 heteroatoms. The first kappa shape index (κ1) is 14.0. The zero-order valence-corrected chi connectivity index (χ0v) is 11.2. The lowest BCUT2D eigenvalue weighted by atomic mass is 10.2. The van der Waals surface area contributed by atoms with Gasteiger partial charge in [-0.3, -0.25) is 0 Å². The second-order valence-corrected chi connectivity index (χ2v) is 4.34. The monoisotopic (exact) mass is 267 g/mol. The summed E-state index contributed by atoms with van der Waals surface area (Å²) in [7, 11) is 1.67. The highest BCUT2D eigenvalue weighted by atomic mass is 16.5. The van der Waals surface area contributed by atoms with E-state index >= 15 is 0 Å². The number of hydrogen-bond donors (Lipinski definition) is 2. The van der Waals surface area contributed by atoms with Gasteiger partial charge in [-0.25, -0.2) is 9.97 Å². The molecule has 2 heterocycles. The number of nitrogens with one attached hydrogen (secondary N) is 1. The molecule has 1 aliphatic heterocycles. The van der Waals surface area contributed by atoms with Gasteiger partial charge in [0.15, 0.2) is 0 Å². The van der Waals surface area contributed by atoms with Crippen LogP contribution >= 0.6 is 0 Å². The molecular weight excluding hydrogens is 246 g/mol. The third-order valence-corrected chi connectivity index (χ3v) is 3.06. The minimum Gasteiger partial charge on any atom is -0.383 e. The molecule has 3 N–H and O–H groups in total. The van der Waals surface area contributed by atoms with Crippen molar-refractivity contribution >= 4 is 11.6 Å². The predicted octanol–water partition coefficient (Wildman–Crippen LogP) is -0.301. The van der Waals surface area contributed by atoms with Crippen molar-refractivity contribution in [3.05, 3.63) is 12.4 Å². The van der Waals surface area contributed by atoms with Gasteiger partial charge in [0.2, 0.25) is 0 Å². The van der Waals surface area contributed by atoms with E-state index in [1.807, 2.05) is 6.07 Å². The minimum atomic E-state index is 0.176. The third-order valence-electron chi connectivity index (χ3n) is 3.06. The molecule has 1 aromatic rings. The smallest absolute Gasteiger partial charge is 0.134 e. The molecule has 0 bridgehead atoms. The van der Waals surface area contributed by atoms with Crippen molar-refractivity contribution < 1.29 is 9.47 Å². The van der Waals surface area contributed by atoms with E-state index in [2.05, 4.69) is 20.2 Å². The van der Waals surface area contributed by atoms with E-state index in [0.29, 0.717) is 26.4 Å². The summed E-state index contributed by atoms with van der Waals surface area (Å²) < 4.78 is 10.4. The molecule has 1 unspecified atom stereocenters. The van der Waals surface area contributed by atoms with Crippen LogP contribution in [0.5, 0.6) is 0 Å². The number of morpholine rings is 1. The van der Waals surface area contributed by atoms with Crippen LogP contribution in [0.25, 0.3) is 0 Å². The Morgan fingerprint density at radius 3 is 3.26 bits per heavy atom. The van der Waals surface area contributed by atoms with E-state index in [4.69, 9.17) is 15.2 Å². The van der Waals surface area contributed by atoms with Gasteiger partial charge in [0.1, 0.15) is 18.0 Å². The SMILES string of the molecule is COCCNc1cc(N2CCOCC2CN)ncn1. The highest BCUT2D eigenvalue weighted by Gasteiger charge is 2.23. The Labute approximate surface area is 113 Å². The standard InChI is InChI=1S/C12H21N5O2/c1-18-4-2-14-11-6-12(16-9-15-11)17-3-5-19-8-10(17)7-13/h6,9-10H,2-5,7-8,13H2,1H3,(H,14,15,16). The fourth-order valence-corrected chi connectivity index (χ4v) is 2.03. The van der Waals surface area contributed by atoms with Crippen LogP contribution in [0.15, 0.2) is 12.4 Å². The highest BCUT2D eigenvalue weighted by Crippen LogP contribution is 2.18. The van der Waals surface area contributed by atoms with Gasteiger partial charge in [-0.2, -0.15) is 0 Å². The molecule has 0 saturated carbocycles. The first-order chi connectivity index (χ1) is 9.35. The lowest BCUT2D eigenvalue weighted by Gasteiger charge is -2.35. The predicted molar refractivity (Wildman–Crippen MR) is 73.4 cm³/mol. The van der Waals surface area contributed by atoms with E-state index in [1.54, 1.807) is 13.4 Å². The summed E-state index contributed by atoms with van der Waals surface area (Å²) in [4.78, 5) is 10.7. The normalized spacial score (nSPS) is 19.5. The number of methoxy groups -OCH3 is 1. The number of nitrogens with zero attached hydrogens (tertiary/aromatic N) is 3. The van der Waals surface area contributed by atoms with Crippen LogP contribution in [0.2, 0.25) is 0 Å². The number of hydrogen-bond acceptors (Lipinski definition) is 7. The van der Waals surface area contributed by atoms with Gasteiger partial charge in [-0.05, 0) is 0 Å². The van der Waals surface area contributed by atoms with E-state index in [9.17, 15) is 0 Å². The number of rotatable bonds is 6. The Morgan fingerprint density at radius 1 is 1.58 bits per heavy atom. The first-order valence-electron chi connectivity index (χ1n) is 6.44. The molecule has 7 nitrogen and oxygen atoms in total. The van der Waals surface area contributed by atoms with Crippen molar-refractivity contribution in [2.24, 2.45) is 5.73 Å². The molecule has 0 amide bonds. The maximum atomic E-state index is 5.77. The summed E-state index contributed by atoms with van der Waals surface area (Å²) in [5, 5.41) is 3.19. The van der Waals surface area contributed by atoms with Crippen molar-refractivity contribution in [1.82, 2.24) is 9.97 Å². The van der Waals surface area contributed by atoms with Crippen LogP contribution in [0.4, 0.5) is 11.6 Å². The van der Waals surface area contributed by atoms with Crippen molar-refractivity contribution in [3.63, 3.8) is 0 Å². The van der Waals surface area contributed by atoms with Crippen molar-refractivity contribution in [2.75, 3.05) is 56.8 Å². The van der Waals surface area contributed by atoms with Crippen molar-refractivity contribution in [2.45, 2.75) is 6.04 Å². The molecule has 1 atom stereocenters. The van der Waals surface area contributed by atoms with Gasteiger partial charge in [-0.15, -0.1) is 0 Å². The van der Waals surface area contributed by atoms with Crippen LogP contribution in [-0.2, 0) is 9.47 Å². The summed E-state index contributed by atoms with van der Waals surface area (Å²) in [6.45, 7) is 4.06. The summed E-state index contributed by atoms with van der Waals surface area (Å²) in [5.41, 5.74) is 5.77. The molecule has 1 aliphatic rings. The average molecular weight is 267 g/mol. The summed E-state index contributed by atoms with van der Waals surface area (Å²) in [5.74, 6) is 1.68. The lowest BCUT2D eigenvalue weighted by Crippen LogP contribution is -2.49. The number of ether oxygens (including phenoxy) is 2. The van der Waals surface area contributed by atoms with Crippen LogP contribution in [-0.4, -0.2) is 62.6 Å². The van der Waals surface area contributed by atoms with Crippen molar-refractivity contribution in [1.29, 1.82) is 0 Å². The van der Waals surface area contributed by atoms with Gasteiger partial charge in [0, 0.05) is 32.8 Å². The largest absolute Gasteiger partial charge is 0.383 e. The fraction of sp³-hybridized carbons (Fsp3) is 0.667. The Balaban J connectivity index is 2.04. The van der Waals surface area contributed by atoms with Crippen LogP contribution in [0.3, 0.4) is 0 Å². The molecule has 1 saturated heterocycles. The maximum absolute atomic E-state index is 5.77. The molecular formula is C12H21N5O2.